The molecule has 0 radical (unpaired) electrons. The zero-order valence-electron chi connectivity index (χ0n) is 11.5. The topological polar surface area (TPSA) is 59.0 Å². The molecule has 0 saturated carbocycles. The third kappa shape index (κ3) is 3.37. The van der Waals surface area contributed by atoms with Crippen LogP contribution in [0.4, 0.5) is 0 Å². The van der Waals surface area contributed by atoms with Crippen LogP contribution >= 0.6 is 0 Å². The summed E-state index contributed by atoms with van der Waals surface area (Å²) in [6, 6.07) is 17.3. The van der Waals surface area contributed by atoms with Crippen molar-refractivity contribution in [3.05, 3.63) is 65.2 Å². The quantitative estimate of drug-likeness (QED) is 0.900. The lowest BCUT2D eigenvalue weighted by molar-refractivity contribution is 0.300. The molecule has 2 aromatic carbocycles. The van der Waals surface area contributed by atoms with Crippen LogP contribution in [-0.2, 0) is 6.61 Å². The Hall–Kier alpha value is -2.31. The molecule has 2 rings (SSSR count). The van der Waals surface area contributed by atoms with E-state index in [1.54, 1.807) is 12.1 Å². The molecular weight excluding hydrogens is 248 g/mol. The Labute approximate surface area is 119 Å². The number of nitriles is 1. The predicted octanol–water partition coefficient (Wildman–Crippen LogP) is 3.55. The number of nitrogens with two attached hydrogens (primary N) is 1. The van der Waals surface area contributed by atoms with E-state index in [1.807, 2.05) is 36.4 Å². The highest BCUT2D eigenvalue weighted by Gasteiger charge is 2.09. The molecule has 0 bridgehead atoms. The van der Waals surface area contributed by atoms with Crippen molar-refractivity contribution in [2.45, 2.75) is 26.0 Å². The lowest BCUT2D eigenvalue weighted by atomic mass is 10.0. The van der Waals surface area contributed by atoms with Crippen molar-refractivity contribution < 1.29 is 4.74 Å². The zero-order valence-corrected chi connectivity index (χ0v) is 11.5. The van der Waals surface area contributed by atoms with E-state index in [1.165, 1.54) is 0 Å². The molecule has 0 amide bonds. The molecular formula is C17H18N2O. The summed E-state index contributed by atoms with van der Waals surface area (Å²) in [6.45, 7) is 2.53. The molecule has 1 atom stereocenters. The van der Waals surface area contributed by atoms with E-state index < -0.39 is 0 Å². The Morgan fingerprint density at radius 1 is 1.15 bits per heavy atom. The van der Waals surface area contributed by atoms with Crippen molar-refractivity contribution in [3.8, 4) is 11.8 Å². The summed E-state index contributed by atoms with van der Waals surface area (Å²) in [4.78, 5) is 0. The van der Waals surface area contributed by atoms with Crippen LogP contribution < -0.4 is 10.5 Å². The van der Waals surface area contributed by atoms with Gasteiger partial charge in [-0.3, -0.25) is 0 Å². The van der Waals surface area contributed by atoms with Crippen molar-refractivity contribution >= 4 is 0 Å². The standard InChI is InChI=1S/C17H18N2O/c1-2-16(19)15-5-3-4-6-17(15)20-12-14-9-7-13(11-18)8-10-14/h3-10,16H,2,12,19H2,1H3. The summed E-state index contributed by atoms with van der Waals surface area (Å²) in [5.74, 6) is 0.825. The first-order valence-corrected chi connectivity index (χ1v) is 6.71. The maximum absolute atomic E-state index is 8.77. The number of para-hydroxylation sites is 1. The van der Waals surface area contributed by atoms with E-state index in [-0.39, 0.29) is 6.04 Å². The number of benzene rings is 2. The van der Waals surface area contributed by atoms with E-state index in [2.05, 4.69) is 13.0 Å². The second kappa shape index (κ2) is 6.74. The van der Waals surface area contributed by atoms with Gasteiger partial charge in [0.25, 0.3) is 0 Å². The first-order chi connectivity index (χ1) is 9.74. The van der Waals surface area contributed by atoms with Crippen LogP contribution in [0.2, 0.25) is 0 Å². The molecule has 0 aromatic heterocycles. The smallest absolute Gasteiger partial charge is 0.124 e. The largest absolute Gasteiger partial charge is 0.489 e. The molecule has 3 heteroatoms. The molecule has 2 N–H and O–H groups in total. The molecule has 2 aromatic rings. The van der Waals surface area contributed by atoms with Crippen molar-refractivity contribution in [1.82, 2.24) is 0 Å². The fourth-order valence-corrected chi connectivity index (χ4v) is 1.97. The van der Waals surface area contributed by atoms with E-state index in [0.29, 0.717) is 12.2 Å². The van der Waals surface area contributed by atoms with Crippen LogP contribution in [0.5, 0.6) is 5.75 Å². The van der Waals surface area contributed by atoms with Crippen LogP contribution in [0, 0.1) is 11.3 Å². The maximum Gasteiger partial charge on any atom is 0.124 e. The van der Waals surface area contributed by atoms with Crippen LogP contribution in [-0.4, -0.2) is 0 Å². The van der Waals surface area contributed by atoms with Crippen molar-refractivity contribution in [2.24, 2.45) is 5.73 Å². The Morgan fingerprint density at radius 3 is 2.50 bits per heavy atom. The van der Waals surface area contributed by atoms with Gasteiger partial charge in [0.05, 0.1) is 11.6 Å². The third-order valence-corrected chi connectivity index (χ3v) is 3.24. The number of ether oxygens (including phenoxy) is 1. The molecule has 3 nitrogen and oxygen atoms in total. The Balaban J connectivity index is 2.08. The fraction of sp³-hybridized carbons (Fsp3) is 0.235. The van der Waals surface area contributed by atoms with Crippen LogP contribution in [0.1, 0.15) is 36.1 Å². The van der Waals surface area contributed by atoms with Gasteiger partial charge in [-0.15, -0.1) is 0 Å². The average molecular weight is 266 g/mol. The second-order valence-corrected chi connectivity index (χ2v) is 4.65. The van der Waals surface area contributed by atoms with Gasteiger partial charge in [0.1, 0.15) is 12.4 Å². The minimum absolute atomic E-state index is 0.00725. The van der Waals surface area contributed by atoms with Crippen LogP contribution in [0.25, 0.3) is 0 Å². The predicted molar refractivity (Wildman–Crippen MR) is 79.2 cm³/mol. The highest BCUT2D eigenvalue weighted by Crippen LogP contribution is 2.26. The lowest BCUT2D eigenvalue weighted by Crippen LogP contribution is -2.10. The molecule has 102 valence electrons. The van der Waals surface area contributed by atoms with Crippen molar-refractivity contribution in [3.63, 3.8) is 0 Å². The van der Waals surface area contributed by atoms with E-state index in [4.69, 9.17) is 15.7 Å². The highest BCUT2D eigenvalue weighted by molar-refractivity contribution is 5.36. The highest BCUT2D eigenvalue weighted by atomic mass is 16.5. The minimum atomic E-state index is -0.00725. The number of hydrogen-bond acceptors (Lipinski definition) is 3. The van der Waals surface area contributed by atoms with Gasteiger partial charge in [0.15, 0.2) is 0 Å². The number of rotatable bonds is 5. The van der Waals surface area contributed by atoms with Gasteiger partial charge < -0.3 is 10.5 Å². The summed E-state index contributed by atoms with van der Waals surface area (Å²) in [6.07, 6.45) is 0.872. The molecule has 0 heterocycles. The van der Waals surface area contributed by atoms with Gasteiger partial charge in [-0.25, -0.2) is 0 Å². The summed E-state index contributed by atoms with van der Waals surface area (Å²) < 4.78 is 5.86. The number of nitrogens with zero attached hydrogens (tertiary/aromatic N) is 1. The first-order valence-electron chi connectivity index (χ1n) is 6.71. The molecule has 0 aliphatic heterocycles. The van der Waals surface area contributed by atoms with Gasteiger partial charge in [-0.05, 0) is 30.2 Å². The van der Waals surface area contributed by atoms with E-state index in [0.717, 1.165) is 23.3 Å². The molecule has 0 aliphatic rings. The SMILES string of the molecule is CCC(N)c1ccccc1OCc1ccc(C#N)cc1. The Kier molecular flexibility index (Phi) is 4.75. The lowest BCUT2D eigenvalue weighted by Gasteiger charge is -2.15. The first kappa shape index (κ1) is 14.1. The third-order valence-electron chi connectivity index (χ3n) is 3.24. The summed E-state index contributed by atoms with van der Waals surface area (Å²) in [5, 5.41) is 8.77. The van der Waals surface area contributed by atoms with E-state index in [9.17, 15) is 0 Å². The second-order valence-electron chi connectivity index (χ2n) is 4.65. The molecule has 20 heavy (non-hydrogen) atoms. The summed E-state index contributed by atoms with van der Waals surface area (Å²) in [5.41, 5.74) is 8.80. The summed E-state index contributed by atoms with van der Waals surface area (Å²) >= 11 is 0. The van der Waals surface area contributed by atoms with Crippen LogP contribution in [0.3, 0.4) is 0 Å². The number of hydrogen-bond donors (Lipinski definition) is 1. The van der Waals surface area contributed by atoms with Gasteiger partial charge in [-0.1, -0.05) is 37.3 Å². The molecule has 0 fully saturated rings. The van der Waals surface area contributed by atoms with Crippen LogP contribution in [0.15, 0.2) is 48.5 Å². The molecule has 0 saturated heterocycles. The average Bonchev–Trinajstić information content (AvgIpc) is 2.53. The van der Waals surface area contributed by atoms with Crippen molar-refractivity contribution in [1.29, 1.82) is 5.26 Å². The van der Waals surface area contributed by atoms with Gasteiger partial charge in [0, 0.05) is 11.6 Å². The van der Waals surface area contributed by atoms with Gasteiger partial charge in [-0.2, -0.15) is 5.26 Å². The zero-order chi connectivity index (χ0) is 14.4. The normalized spacial score (nSPS) is 11.7. The Bertz CT molecular complexity index is 599. The summed E-state index contributed by atoms with van der Waals surface area (Å²) in [7, 11) is 0. The molecule has 1 unspecified atom stereocenters. The maximum atomic E-state index is 8.77. The molecule has 0 aliphatic carbocycles. The monoisotopic (exact) mass is 266 g/mol. The van der Waals surface area contributed by atoms with E-state index >= 15 is 0 Å². The molecule has 0 spiro atoms. The Morgan fingerprint density at radius 2 is 1.85 bits per heavy atom. The van der Waals surface area contributed by atoms with Gasteiger partial charge >= 0.3 is 0 Å². The fourth-order valence-electron chi connectivity index (χ4n) is 1.97. The minimum Gasteiger partial charge on any atom is -0.489 e. The van der Waals surface area contributed by atoms with Crippen molar-refractivity contribution in [2.75, 3.05) is 0 Å². The van der Waals surface area contributed by atoms with Gasteiger partial charge in [0.2, 0.25) is 0 Å².